The second-order valence-electron chi connectivity index (χ2n) is 5.44. The van der Waals surface area contributed by atoms with Gasteiger partial charge >= 0.3 is 0 Å². The molecule has 126 valence electrons. The summed E-state index contributed by atoms with van der Waals surface area (Å²) in [4.78, 5) is 23.4. The first-order chi connectivity index (χ1) is 11.4. The average Bonchev–Trinajstić information content (AvgIpc) is 2.50. The fourth-order valence-electron chi connectivity index (χ4n) is 2.28. The highest BCUT2D eigenvalue weighted by molar-refractivity contribution is 6.35. The molecule has 0 atom stereocenters. The van der Waals surface area contributed by atoms with Gasteiger partial charge in [0.2, 0.25) is 11.8 Å². The molecule has 4 nitrogen and oxygen atoms in total. The molecule has 2 aromatic carbocycles. The van der Waals surface area contributed by atoms with E-state index in [1.54, 1.807) is 30.3 Å². The molecular weight excluding hydrogens is 347 g/mol. The van der Waals surface area contributed by atoms with Gasteiger partial charge in [-0.15, -0.1) is 0 Å². The van der Waals surface area contributed by atoms with Gasteiger partial charge in [-0.3, -0.25) is 9.59 Å². The van der Waals surface area contributed by atoms with E-state index in [1.807, 2.05) is 13.0 Å². The summed E-state index contributed by atoms with van der Waals surface area (Å²) in [5.41, 5.74) is 3.04. The quantitative estimate of drug-likeness (QED) is 0.797. The Hall–Kier alpha value is -2.04. The van der Waals surface area contributed by atoms with Gasteiger partial charge in [0.05, 0.1) is 0 Å². The highest BCUT2D eigenvalue weighted by Gasteiger charge is 2.10. The zero-order valence-corrected chi connectivity index (χ0v) is 15.0. The molecule has 0 radical (unpaired) electrons. The summed E-state index contributed by atoms with van der Waals surface area (Å²) in [7, 11) is 0. The van der Waals surface area contributed by atoms with Gasteiger partial charge < -0.3 is 10.6 Å². The number of carbonyl (C=O) groups is 2. The van der Waals surface area contributed by atoms with Crippen LogP contribution in [-0.4, -0.2) is 11.8 Å². The van der Waals surface area contributed by atoms with Crippen LogP contribution in [0.25, 0.3) is 0 Å². The van der Waals surface area contributed by atoms with E-state index in [1.165, 1.54) is 6.92 Å². The molecule has 0 spiro atoms. The molecule has 0 unspecified atom stereocenters. The van der Waals surface area contributed by atoms with E-state index in [-0.39, 0.29) is 11.8 Å². The van der Waals surface area contributed by atoms with Gasteiger partial charge in [0.15, 0.2) is 0 Å². The lowest BCUT2D eigenvalue weighted by Crippen LogP contribution is -2.14. The van der Waals surface area contributed by atoms with Crippen LogP contribution in [0.3, 0.4) is 0 Å². The topological polar surface area (TPSA) is 58.2 Å². The lowest BCUT2D eigenvalue weighted by Gasteiger charge is -2.13. The van der Waals surface area contributed by atoms with E-state index in [0.717, 1.165) is 11.1 Å². The van der Waals surface area contributed by atoms with Crippen LogP contribution in [0, 0.1) is 6.92 Å². The van der Waals surface area contributed by atoms with Gasteiger partial charge in [0.1, 0.15) is 0 Å². The van der Waals surface area contributed by atoms with Gasteiger partial charge in [-0.1, -0.05) is 35.3 Å². The summed E-state index contributed by atoms with van der Waals surface area (Å²) in [6.45, 7) is 3.29. The fourth-order valence-corrected chi connectivity index (χ4v) is 2.78. The van der Waals surface area contributed by atoms with Crippen LogP contribution in [0.4, 0.5) is 11.4 Å². The summed E-state index contributed by atoms with van der Waals surface area (Å²) in [6, 6.07) is 10.6. The Morgan fingerprint density at radius 2 is 1.71 bits per heavy atom. The molecule has 0 heterocycles. The number of benzene rings is 2. The van der Waals surface area contributed by atoms with E-state index in [0.29, 0.717) is 34.3 Å². The van der Waals surface area contributed by atoms with Crippen molar-refractivity contribution in [1.82, 2.24) is 0 Å². The van der Waals surface area contributed by atoms with Crippen LogP contribution >= 0.6 is 23.2 Å². The third-order valence-corrected chi connectivity index (χ3v) is 4.14. The number of nitrogens with one attached hydrogen (secondary N) is 2. The maximum absolute atomic E-state index is 12.2. The van der Waals surface area contributed by atoms with Crippen molar-refractivity contribution in [2.75, 3.05) is 10.6 Å². The van der Waals surface area contributed by atoms with Crippen molar-refractivity contribution in [2.24, 2.45) is 0 Å². The number of hydrogen-bond donors (Lipinski definition) is 2. The SMILES string of the molecule is CC(=O)Nc1cccc(NC(=O)CCc2ccc(Cl)cc2Cl)c1C. The lowest BCUT2D eigenvalue weighted by molar-refractivity contribution is -0.116. The minimum Gasteiger partial charge on any atom is -0.326 e. The van der Waals surface area contributed by atoms with Gasteiger partial charge in [0.25, 0.3) is 0 Å². The molecule has 2 rings (SSSR count). The molecule has 2 amide bonds. The number of aryl methyl sites for hydroxylation is 1. The molecule has 24 heavy (non-hydrogen) atoms. The van der Waals surface area contributed by atoms with E-state index in [9.17, 15) is 9.59 Å². The molecule has 0 aliphatic carbocycles. The maximum atomic E-state index is 12.2. The Morgan fingerprint density at radius 1 is 1.04 bits per heavy atom. The van der Waals surface area contributed by atoms with Crippen molar-refractivity contribution in [3.63, 3.8) is 0 Å². The number of hydrogen-bond acceptors (Lipinski definition) is 2. The van der Waals surface area contributed by atoms with Crippen LogP contribution in [0.5, 0.6) is 0 Å². The third kappa shape index (κ3) is 4.98. The molecule has 0 fully saturated rings. The lowest BCUT2D eigenvalue weighted by atomic mass is 10.1. The molecule has 0 aromatic heterocycles. The largest absolute Gasteiger partial charge is 0.326 e. The summed E-state index contributed by atoms with van der Waals surface area (Å²) in [5, 5.41) is 6.73. The van der Waals surface area contributed by atoms with Crippen molar-refractivity contribution in [3.8, 4) is 0 Å². The zero-order valence-electron chi connectivity index (χ0n) is 13.5. The van der Waals surface area contributed by atoms with Crippen molar-refractivity contribution in [1.29, 1.82) is 0 Å². The van der Waals surface area contributed by atoms with Crippen molar-refractivity contribution in [2.45, 2.75) is 26.7 Å². The maximum Gasteiger partial charge on any atom is 0.224 e. The second-order valence-corrected chi connectivity index (χ2v) is 6.29. The Morgan fingerprint density at radius 3 is 2.33 bits per heavy atom. The summed E-state index contributed by atoms with van der Waals surface area (Å²) in [5.74, 6) is -0.275. The molecule has 0 aliphatic rings. The van der Waals surface area contributed by atoms with E-state index in [4.69, 9.17) is 23.2 Å². The Kier molecular flexibility index (Phi) is 6.23. The zero-order chi connectivity index (χ0) is 17.7. The Balaban J connectivity index is 2.01. The van der Waals surface area contributed by atoms with E-state index >= 15 is 0 Å². The predicted molar refractivity (Wildman–Crippen MR) is 98.9 cm³/mol. The first-order valence-electron chi connectivity index (χ1n) is 7.48. The summed E-state index contributed by atoms with van der Waals surface area (Å²) in [6.07, 6.45) is 0.817. The number of carbonyl (C=O) groups excluding carboxylic acids is 2. The summed E-state index contributed by atoms with van der Waals surface area (Å²) < 4.78 is 0. The highest BCUT2D eigenvalue weighted by Crippen LogP contribution is 2.25. The van der Waals surface area contributed by atoms with Gasteiger partial charge in [-0.2, -0.15) is 0 Å². The van der Waals surface area contributed by atoms with Crippen LogP contribution in [0.15, 0.2) is 36.4 Å². The van der Waals surface area contributed by atoms with Crippen LogP contribution in [0.2, 0.25) is 10.0 Å². The van der Waals surface area contributed by atoms with Crippen LogP contribution in [0.1, 0.15) is 24.5 Å². The van der Waals surface area contributed by atoms with Crippen molar-refractivity contribution < 1.29 is 9.59 Å². The number of rotatable bonds is 5. The Labute approximate surface area is 151 Å². The standard InChI is InChI=1S/C18H18Cl2N2O2/c1-11-16(21-12(2)23)4-3-5-17(11)22-18(24)9-7-13-6-8-14(19)10-15(13)20/h3-6,8,10H,7,9H2,1-2H3,(H,21,23)(H,22,24). The predicted octanol–water partition coefficient (Wildman–Crippen LogP) is 4.83. The molecule has 6 heteroatoms. The molecule has 2 N–H and O–H groups in total. The van der Waals surface area contributed by atoms with Crippen LogP contribution < -0.4 is 10.6 Å². The first-order valence-corrected chi connectivity index (χ1v) is 8.23. The molecule has 0 aliphatic heterocycles. The van der Waals surface area contributed by atoms with Crippen molar-refractivity contribution >= 4 is 46.4 Å². The smallest absolute Gasteiger partial charge is 0.224 e. The molecule has 0 saturated carbocycles. The van der Waals surface area contributed by atoms with E-state index < -0.39 is 0 Å². The minimum absolute atomic E-state index is 0.121. The van der Waals surface area contributed by atoms with E-state index in [2.05, 4.69) is 10.6 Å². The van der Waals surface area contributed by atoms with Crippen LogP contribution in [-0.2, 0) is 16.0 Å². The third-order valence-electron chi connectivity index (χ3n) is 3.56. The molecule has 2 aromatic rings. The first kappa shape index (κ1) is 18.3. The minimum atomic E-state index is -0.154. The normalized spacial score (nSPS) is 10.3. The monoisotopic (exact) mass is 364 g/mol. The average molecular weight is 365 g/mol. The number of halogens is 2. The molecular formula is C18H18Cl2N2O2. The van der Waals surface area contributed by atoms with Gasteiger partial charge in [0, 0.05) is 34.8 Å². The molecule has 0 bridgehead atoms. The second kappa shape index (κ2) is 8.18. The number of amides is 2. The highest BCUT2D eigenvalue weighted by atomic mass is 35.5. The summed E-state index contributed by atoms with van der Waals surface area (Å²) >= 11 is 12.0. The van der Waals surface area contributed by atoms with Gasteiger partial charge in [-0.05, 0) is 48.7 Å². The fraction of sp³-hybridized carbons (Fsp3) is 0.222. The van der Waals surface area contributed by atoms with Crippen molar-refractivity contribution in [3.05, 3.63) is 57.6 Å². The molecule has 0 saturated heterocycles. The Bertz CT molecular complexity index is 776. The van der Waals surface area contributed by atoms with Gasteiger partial charge in [-0.25, -0.2) is 0 Å². The number of anilines is 2.